The highest BCUT2D eigenvalue weighted by molar-refractivity contribution is 5.84. The fraction of sp³-hybridized carbons (Fsp3) is 0.421. The molecule has 0 saturated heterocycles. The molecule has 0 bridgehead atoms. The molecular weight excluding hydrogens is 318 g/mol. The minimum absolute atomic E-state index is 0.506. The van der Waals surface area contributed by atoms with Gasteiger partial charge in [-0.15, -0.1) is 0 Å². The van der Waals surface area contributed by atoms with Crippen LogP contribution in [0, 0.1) is 0 Å². The van der Waals surface area contributed by atoms with Gasteiger partial charge < -0.3 is 9.84 Å². The number of nitrogens with one attached hydrogen (secondary N) is 1. The summed E-state index contributed by atoms with van der Waals surface area (Å²) in [6.45, 7) is 9.28. The highest BCUT2D eigenvalue weighted by Crippen LogP contribution is 2.35. The Kier molecular flexibility index (Phi) is 5.42. The molecule has 2 heterocycles. The van der Waals surface area contributed by atoms with Gasteiger partial charge in [-0.1, -0.05) is 13.8 Å². The van der Waals surface area contributed by atoms with Crippen molar-refractivity contribution in [2.24, 2.45) is 0 Å². The van der Waals surface area contributed by atoms with E-state index in [1.165, 1.54) is 6.20 Å². The number of nitrogens with zero attached hydrogens (tertiary/aromatic N) is 2. The van der Waals surface area contributed by atoms with Crippen LogP contribution in [0.5, 0.6) is 0 Å². The lowest BCUT2D eigenvalue weighted by atomic mass is 9.78. The molecule has 2 aromatic rings. The number of carbonyl (C=O) groups excluding carboxylic acids is 1. The second-order valence-corrected chi connectivity index (χ2v) is 7.46. The monoisotopic (exact) mass is 343 g/mol. The lowest BCUT2D eigenvalue weighted by Gasteiger charge is -2.30. The van der Waals surface area contributed by atoms with Crippen molar-refractivity contribution in [3.8, 4) is 0 Å². The number of rotatable bonds is 4. The first-order chi connectivity index (χ1) is 11.6. The second-order valence-electron chi connectivity index (χ2n) is 7.46. The highest BCUT2D eigenvalue weighted by Gasteiger charge is 2.32. The van der Waals surface area contributed by atoms with Gasteiger partial charge in [0.2, 0.25) is 0 Å². The molecule has 2 N–H and O–H groups in total. The van der Waals surface area contributed by atoms with Crippen LogP contribution < -0.4 is 5.32 Å². The molecule has 1 atom stereocenters. The summed E-state index contributed by atoms with van der Waals surface area (Å²) in [6, 6.07) is 7.14. The Morgan fingerprint density at radius 3 is 2.28 bits per heavy atom. The van der Waals surface area contributed by atoms with Gasteiger partial charge in [-0.2, -0.15) is 0 Å². The molecule has 134 valence electrons. The molecule has 0 radical (unpaired) electrons. The van der Waals surface area contributed by atoms with Gasteiger partial charge in [0.1, 0.15) is 11.7 Å². The van der Waals surface area contributed by atoms with Gasteiger partial charge in [-0.05, 0) is 50.6 Å². The van der Waals surface area contributed by atoms with Gasteiger partial charge in [0, 0.05) is 17.8 Å². The molecule has 1 unspecified atom stereocenters. The molecule has 6 nitrogen and oxygen atoms in total. The van der Waals surface area contributed by atoms with Crippen molar-refractivity contribution >= 4 is 11.8 Å². The molecule has 0 fully saturated rings. The van der Waals surface area contributed by atoms with Gasteiger partial charge in [0.05, 0.1) is 17.6 Å². The van der Waals surface area contributed by atoms with Crippen LogP contribution in [-0.4, -0.2) is 26.8 Å². The largest absolute Gasteiger partial charge is 0.444 e. The van der Waals surface area contributed by atoms with E-state index in [-0.39, 0.29) is 0 Å². The van der Waals surface area contributed by atoms with Crippen LogP contribution in [-0.2, 0) is 10.2 Å². The summed E-state index contributed by atoms with van der Waals surface area (Å²) in [5, 5.41) is 13.4. The van der Waals surface area contributed by atoms with Crippen LogP contribution in [0.15, 0.2) is 42.9 Å². The van der Waals surface area contributed by atoms with E-state index in [1.54, 1.807) is 45.3 Å². The summed E-state index contributed by atoms with van der Waals surface area (Å²) >= 11 is 0. The Labute approximate surface area is 148 Å². The number of carbonyl (C=O) groups is 1. The van der Waals surface area contributed by atoms with Crippen LogP contribution in [0.2, 0.25) is 0 Å². The average molecular weight is 343 g/mol. The van der Waals surface area contributed by atoms with Gasteiger partial charge >= 0.3 is 6.09 Å². The summed E-state index contributed by atoms with van der Waals surface area (Å²) in [4.78, 5) is 20.1. The van der Waals surface area contributed by atoms with Crippen LogP contribution in [0.3, 0.4) is 0 Å². The molecule has 2 aromatic heterocycles. The van der Waals surface area contributed by atoms with Crippen LogP contribution in [0.1, 0.15) is 52.0 Å². The molecule has 0 spiro atoms. The van der Waals surface area contributed by atoms with Gasteiger partial charge in [0.25, 0.3) is 0 Å². The quantitative estimate of drug-likeness (QED) is 0.881. The zero-order chi connectivity index (χ0) is 18.7. The minimum Gasteiger partial charge on any atom is -0.444 e. The maximum absolute atomic E-state index is 11.8. The van der Waals surface area contributed by atoms with Crippen molar-refractivity contribution in [2.75, 3.05) is 5.32 Å². The molecule has 0 aliphatic rings. The second kappa shape index (κ2) is 7.19. The molecule has 0 aliphatic heterocycles. The summed E-state index contributed by atoms with van der Waals surface area (Å²) in [5.74, 6) is 0. The third kappa shape index (κ3) is 5.00. The van der Waals surface area contributed by atoms with E-state index in [1.807, 2.05) is 26.0 Å². The number of aliphatic hydroxyl groups is 1. The van der Waals surface area contributed by atoms with E-state index in [0.717, 1.165) is 5.56 Å². The van der Waals surface area contributed by atoms with Crippen molar-refractivity contribution in [1.82, 2.24) is 9.97 Å². The third-order valence-corrected chi connectivity index (χ3v) is 3.82. The Bertz CT molecular complexity index is 707. The van der Waals surface area contributed by atoms with E-state index in [9.17, 15) is 9.90 Å². The predicted molar refractivity (Wildman–Crippen MR) is 96.3 cm³/mol. The van der Waals surface area contributed by atoms with Gasteiger partial charge in [0.15, 0.2) is 0 Å². The SMILES string of the molecule is CC(C)(C)OC(=O)Nc1ccc(C(O)C(C)(C)c2ccncc2)nc1. The van der Waals surface area contributed by atoms with Crippen molar-refractivity contribution < 1.29 is 14.6 Å². The lowest BCUT2D eigenvalue weighted by Crippen LogP contribution is -2.28. The summed E-state index contributed by atoms with van der Waals surface area (Å²) < 4.78 is 5.20. The standard InChI is InChI=1S/C19H25N3O3/c1-18(2,3)25-17(24)22-14-6-7-15(21-12-14)16(23)19(4,5)13-8-10-20-11-9-13/h6-12,16,23H,1-5H3,(H,22,24). The molecule has 1 amide bonds. The van der Waals surface area contributed by atoms with E-state index in [2.05, 4.69) is 15.3 Å². The average Bonchev–Trinajstić information content (AvgIpc) is 2.54. The number of amides is 1. The number of ether oxygens (including phenoxy) is 1. The molecular formula is C19H25N3O3. The molecule has 0 aliphatic carbocycles. The van der Waals surface area contributed by atoms with Gasteiger partial charge in [-0.3, -0.25) is 15.3 Å². The lowest BCUT2D eigenvalue weighted by molar-refractivity contribution is 0.0636. The fourth-order valence-corrected chi connectivity index (χ4v) is 2.37. The zero-order valence-corrected chi connectivity index (χ0v) is 15.3. The number of aromatic nitrogens is 2. The summed E-state index contributed by atoms with van der Waals surface area (Å²) in [6.07, 6.45) is 3.56. The molecule has 6 heteroatoms. The number of pyridine rings is 2. The topological polar surface area (TPSA) is 84.3 Å². The number of hydrogen-bond donors (Lipinski definition) is 2. The molecule has 25 heavy (non-hydrogen) atoms. The van der Waals surface area contributed by atoms with Crippen LogP contribution in [0.4, 0.5) is 10.5 Å². The Morgan fingerprint density at radius 1 is 1.12 bits per heavy atom. The van der Waals surface area contributed by atoms with E-state index in [0.29, 0.717) is 11.4 Å². The van der Waals surface area contributed by atoms with Crippen LogP contribution >= 0.6 is 0 Å². The summed E-state index contributed by atoms with van der Waals surface area (Å²) in [7, 11) is 0. The Balaban J connectivity index is 2.10. The normalized spacial score (nSPS) is 13.2. The highest BCUT2D eigenvalue weighted by atomic mass is 16.6. The maximum Gasteiger partial charge on any atom is 0.412 e. The first-order valence-corrected chi connectivity index (χ1v) is 8.14. The van der Waals surface area contributed by atoms with Crippen LogP contribution in [0.25, 0.3) is 0 Å². The Hall–Kier alpha value is -2.47. The molecule has 0 saturated carbocycles. The fourth-order valence-electron chi connectivity index (χ4n) is 2.37. The molecule has 2 rings (SSSR count). The van der Waals surface area contributed by atoms with E-state index < -0.39 is 23.2 Å². The first kappa shape index (κ1) is 18.9. The summed E-state index contributed by atoms with van der Waals surface area (Å²) in [5.41, 5.74) is 0.898. The number of aliphatic hydroxyl groups excluding tert-OH is 1. The van der Waals surface area contributed by atoms with Gasteiger partial charge in [-0.25, -0.2) is 4.79 Å². The van der Waals surface area contributed by atoms with Crippen molar-refractivity contribution in [2.45, 2.75) is 51.7 Å². The first-order valence-electron chi connectivity index (χ1n) is 8.14. The maximum atomic E-state index is 11.8. The third-order valence-electron chi connectivity index (χ3n) is 3.82. The smallest absolute Gasteiger partial charge is 0.412 e. The predicted octanol–water partition coefficient (Wildman–Crippen LogP) is 3.83. The number of hydrogen-bond acceptors (Lipinski definition) is 5. The number of anilines is 1. The minimum atomic E-state index is -0.800. The zero-order valence-electron chi connectivity index (χ0n) is 15.3. The van der Waals surface area contributed by atoms with E-state index >= 15 is 0 Å². The van der Waals surface area contributed by atoms with Crippen molar-refractivity contribution in [3.63, 3.8) is 0 Å². The van der Waals surface area contributed by atoms with Crippen molar-refractivity contribution in [1.29, 1.82) is 0 Å². The Morgan fingerprint density at radius 2 is 1.76 bits per heavy atom. The molecule has 0 aromatic carbocycles. The van der Waals surface area contributed by atoms with Crippen molar-refractivity contribution in [3.05, 3.63) is 54.1 Å². The van der Waals surface area contributed by atoms with E-state index in [4.69, 9.17) is 4.74 Å².